The Balaban J connectivity index is 0.000000213. The number of halogens is 2. The Morgan fingerprint density at radius 1 is 0.679 bits per heavy atom. The Morgan fingerprint density at radius 3 is 1.38 bits per heavy atom. The van der Waals surface area contributed by atoms with E-state index < -0.39 is 45.6 Å². The predicted octanol–water partition coefficient (Wildman–Crippen LogP) is 2.51. The minimum atomic E-state index is -1.53. The molecule has 4 N–H and O–H groups in total. The van der Waals surface area contributed by atoms with E-state index in [1.807, 2.05) is 50.2 Å². The van der Waals surface area contributed by atoms with E-state index in [-0.39, 0.29) is 50.6 Å². The first-order valence-corrected chi connectivity index (χ1v) is 15.9. The fourth-order valence-electron chi connectivity index (χ4n) is 6.48. The fraction of sp³-hybridized carbons (Fsp3) is 0.211. The molecular weight excluding hydrogens is 737 g/mol. The third kappa shape index (κ3) is 8.39. The Bertz CT molecular complexity index is 2240. The molecule has 15 heteroatoms. The molecule has 2 atom stereocenters. The van der Waals surface area contributed by atoms with Crippen LogP contribution in [-0.4, -0.2) is 42.0 Å². The summed E-state index contributed by atoms with van der Waals surface area (Å²) < 4.78 is 30.5. The van der Waals surface area contributed by atoms with Crippen LogP contribution in [-0.2, 0) is 29.6 Å². The van der Waals surface area contributed by atoms with Gasteiger partial charge in [0.2, 0.25) is 0 Å². The van der Waals surface area contributed by atoms with E-state index in [0.29, 0.717) is 23.9 Å². The average molecular weight is 772 g/mol. The molecule has 0 spiro atoms. The Hall–Kier alpha value is -5.61. The van der Waals surface area contributed by atoms with E-state index in [1.165, 1.54) is 24.5 Å². The summed E-state index contributed by atoms with van der Waals surface area (Å²) in [6.07, 6.45) is 9.07. The molecule has 0 fully saturated rings. The Labute approximate surface area is 311 Å². The first-order chi connectivity index (χ1) is 23.9. The third-order valence-corrected chi connectivity index (χ3v) is 8.98. The molecule has 0 amide bonds. The molecule has 0 aliphatic carbocycles. The van der Waals surface area contributed by atoms with Crippen molar-refractivity contribution in [1.82, 2.24) is 19.1 Å². The van der Waals surface area contributed by atoms with E-state index in [0.717, 1.165) is 47.5 Å². The number of rotatable bonds is 3. The van der Waals surface area contributed by atoms with Crippen LogP contribution < -0.4 is 21.1 Å². The van der Waals surface area contributed by atoms with Crippen molar-refractivity contribution < 1.29 is 56.3 Å². The number of nitrogens with zero attached hydrogens (tertiary/aromatic N) is 4. The first-order valence-electron chi connectivity index (χ1n) is 15.9. The molecule has 8 rings (SSSR count). The van der Waals surface area contributed by atoms with Gasteiger partial charge >= 0.3 is 16.8 Å². The van der Waals surface area contributed by atoms with Crippen molar-refractivity contribution in [3.63, 3.8) is 0 Å². The smallest absolute Gasteiger partial charge is 0.545 e. The zero-order valence-electron chi connectivity index (χ0n) is 28.4. The summed E-state index contributed by atoms with van der Waals surface area (Å²) in [7, 11) is 0. The number of hydrogen-bond donors (Lipinski definition) is 0. The van der Waals surface area contributed by atoms with Crippen molar-refractivity contribution in [2.45, 2.75) is 51.6 Å². The van der Waals surface area contributed by atoms with E-state index in [2.05, 4.69) is 9.97 Å². The molecule has 12 nitrogen and oxygen atoms in total. The number of aromatic carboxylic acids is 2. The summed E-state index contributed by atoms with van der Waals surface area (Å²) in [5.41, 5.74) is 2.39. The molecule has 2 aromatic carbocycles. The molecule has 0 bridgehead atoms. The number of aromatic nitrogens is 4. The Kier molecular flexibility index (Phi) is 13.6. The zero-order chi connectivity index (χ0) is 35.7. The van der Waals surface area contributed by atoms with Crippen LogP contribution >= 0.6 is 0 Å². The predicted molar refractivity (Wildman–Crippen MR) is 186 cm³/mol. The summed E-state index contributed by atoms with van der Waals surface area (Å²) in [6.45, 7) is 3.88. The first kappa shape index (κ1) is 41.8. The second-order valence-electron chi connectivity index (χ2n) is 12.3. The summed E-state index contributed by atoms with van der Waals surface area (Å²) >= 11 is 0. The molecule has 1 radical (unpaired) electrons. The number of benzene rings is 2. The fourth-order valence-corrected chi connectivity index (χ4v) is 6.48. The van der Waals surface area contributed by atoms with E-state index >= 15 is 0 Å². The van der Waals surface area contributed by atoms with Crippen LogP contribution in [0.4, 0.5) is 8.78 Å². The molecule has 6 heterocycles. The van der Waals surface area contributed by atoms with Gasteiger partial charge in [0, 0.05) is 47.6 Å². The molecule has 6 aromatic rings. The van der Waals surface area contributed by atoms with Gasteiger partial charge in [-0.25, -0.2) is 8.78 Å². The van der Waals surface area contributed by atoms with Gasteiger partial charge in [0.05, 0.1) is 45.5 Å². The maximum Gasteiger partial charge on any atom is 2.00 e. The van der Waals surface area contributed by atoms with Crippen LogP contribution in [0.5, 0.6) is 0 Å². The molecule has 0 saturated carbocycles. The van der Waals surface area contributed by atoms with Crippen LogP contribution in [0.1, 0.15) is 70.6 Å². The molecule has 277 valence electrons. The standard InChI is InChI=1S/2C14H12FNO3.C10H8N2.Co.2H2O/c2*1-7-2-3-8-4-9(15)5-10-12(8)16(7)6-11(13(10)17)14(18)19;1-3-7-11-9(5-1)10-6-2-4-8-12-10;;;/h2*4-7H,2-3H2,1H3,(H,18,19);1-8H;;2*1H2/q;;;+2;;/p-2/t2*7-;;;;/m00..../s1. The summed E-state index contributed by atoms with van der Waals surface area (Å²) in [4.78, 5) is 54.5. The topological polar surface area (TPSA) is 213 Å². The summed E-state index contributed by atoms with van der Waals surface area (Å²) in [5.74, 6) is -4.09. The number of aryl methyl sites for hydroxylation is 2. The SMILES string of the molecule is C[C@H]1CCc2cc(F)cc3c(=O)c(C(=O)[O-])cn1c23.C[C@H]1CCc2cc(F)cc3c(=O)c(C(=O)[O-])cn1c23.O.O.[Co+2].c1ccc(-c2ccccn2)nc1. The number of carboxylic acid groups (broad SMARTS) is 2. The van der Waals surface area contributed by atoms with Gasteiger partial charge in [0.25, 0.3) is 0 Å². The third-order valence-electron chi connectivity index (χ3n) is 8.98. The van der Waals surface area contributed by atoms with E-state index in [9.17, 15) is 38.2 Å². The second kappa shape index (κ2) is 17.3. The monoisotopic (exact) mass is 771 g/mol. The zero-order valence-corrected chi connectivity index (χ0v) is 29.4. The number of pyridine rings is 4. The molecule has 53 heavy (non-hydrogen) atoms. The second-order valence-corrected chi connectivity index (χ2v) is 12.3. The van der Waals surface area contributed by atoms with Crippen molar-refractivity contribution in [2.75, 3.05) is 0 Å². The molecule has 0 unspecified atom stereocenters. The molecule has 2 aliphatic heterocycles. The van der Waals surface area contributed by atoms with E-state index in [1.54, 1.807) is 21.5 Å². The van der Waals surface area contributed by atoms with Crippen molar-refractivity contribution >= 4 is 33.7 Å². The van der Waals surface area contributed by atoms with Crippen LogP contribution in [0, 0.1) is 11.6 Å². The van der Waals surface area contributed by atoms with Crippen LogP contribution in [0.2, 0.25) is 0 Å². The van der Waals surface area contributed by atoms with Crippen molar-refractivity contribution in [2.24, 2.45) is 0 Å². The van der Waals surface area contributed by atoms with Crippen LogP contribution in [0.15, 0.2) is 95.0 Å². The quantitative estimate of drug-likeness (QED) is 0.260. The molecular formula is C38H34CoF2N4O8. The molecule has 0 saturated heterocycles. The van der Waals surface area contributed by atoms with Gasteiger partial charge in [-0.05, 0) is 99.2 Å². The summed E-state index contributed by atoms with van der Waals surface area (Å²) in [5, 5.41) is 22.2. The van der Waals surface area contributed by atoms with Gasteiger partial charge in [-0.2, -0.15) is 0 Å². The largest absolute Gasteiger partial charge is 2.00 e. The van der Waals surface area contributed by atoms with Gasteiger partial charge in [-0.1, -0.05) is 12.1 Å². The van der Waals surface area contributed by atoms with Gasteiger partial charge < -0.3 is 39.9 Å². The van der Waals surface area contributed by atoms with Crippen molar-refractivity contribution in [3.05, 3.63) is 140 Å². The van der Waals surface area contributed by atoms with Crippen LogP contribution in [0.25, 0.3) is 33.2 Å². The normalized spacial score (nSPS) is 14.9. The number of carboxylic acids is 2. The number of hydrogen-bond acceptors (Lipinski definition) is 8. The number of carbonyl (C=O) groups excluding carboxylic acids is 2. The number of carbonyl (C=O) groups is 2. The maximum absolute atomic E-state index is 13.5. The van der Waals surface area contributed by atoms with E-state index in [4.69, 9.17) is 0 Å². The molecule has 4 aromatic heterocycles. The van der Waals surface area contributed by atoms with Gasteiger partial charge in [-0.3, -0.25) is 19.6 Å². The van der Waals surface area contributed by atoms with Gasteiger partial charge in [-0.15, -0.1) is 0 Å². The molecule has 2 aliphatic rings. The summed E-state index contributed by atoms with van der Waals surface area (Å²) in [6, 6.07) is 16.7. The Morgan fingerprint density at radius 2 is 1.06 bits per heavy atom. The minimum absolute atomic E-state index is 0. The van der Waals surface area contributed by atoms with Gasteiger partial charge in [0.15, 0.2) is 10.9 Å². The average Bonchev–Trinajstić information content (AvgIpc) is 3.10. The maximum atomic E-state index is 13.5. The van der Waals surface area contributed by atoms with Crippen molar-refractivity contribution in [3.8, 4) is 11.4 Å². The van der Waals surface area contributed by atoms with Crippen LogP contribution in [0.3, 0.4) is 0 Å². The minimum Gasteiger partial charge on any atom is -0.545 e. The van der Waals surface area contributed by atoms with Gasteiger partial charge in [0.1, 0.15) is 11.6 Å². The van der Waals surface area contributed by atoms with Crippen molar-refractivity contribution in [1.29, 1.82) is 0 Å².